The number of pyridine rings is 1. The quantitative estimate of drug-likeness (QED) is 0.630. The molecule has 0 aliphatic rings. The van der Waals surface area contributed by atoms with Crippen molar-refractivity contribution in [3.8, 4) is 11.8 Å². The molecule has 0 bridgehead atoms. The Labute approximate surface area is 159 Å². The molecular weight excluding hydrogens is 365 g/mol. The third-order valence-electron chi connectivity index (χ3n) is 3.99. The van der Waals surface area contributed by atoms with Gasteiger partial charge in [-0.25, -0.2) is 14.2 Å². The molecule has 28 heavy (non-hydrogen) atoms. The lowest BCUT2D eigenvalue weighted by Crippen LogP contribution is -2.14. The number of ether oxygens (including phenoxy) is 2. The van der Waals surface area contributed by atoms with Crippen LogP contribution in [-0.4, -0.2) is 28.1 Å². The Morgan fingerprint density at radius 1 is 1.29 bits per heavy atom. The second kappa shape index (κ2) is 7.88. The zero-order chi connectivity index (χ0) is 20.3. The minimum Gasteiger partial charge on any atom is -0.461 e. The van der Waals surface area contributed by atoms with Crippen molar-refractivity contribution in [1.29, 1.82) is 5.26 Å². The van der Waals surface area contributed by atoms with Crippen molar-refractivity contribution < 1.29 is 23.5 Å². The molecular formula is C20H16FN3O4. The van der Waals surface area contributed by atoms with Crippen molar-refractivity contribution in [3.05, 3.63) is 59.3 Å². The van der Waals surface area contributed by atoms with Crippen LogP contribution in [0.1, 0.15) is 35.6 Å². The molecule has 2 aromatic heterocycles. The first-order valence-electron chi connectivity index (χ1n) is 8.48. The Hall–Kier alpha value is -3.73. The highest BCUT2D eigenvalue weighted by Gasteiger charge is 2.25. The summed E-state index contributed by atoms with van der Waals surface area (Å²) in [7, 11) is 0. The van der Waals surface area contributed by atoms with Gasteiger partial charge in [0.05, 0.1) is 18.7 Å². The predicted octanol–water partition coefficient (Wildman–Crippen LogP) is 3.20. The molecule has 0 aliphatic heterocycles. The largest absolute Gasteiger partial charge is 0.461 e. The van der Waals surface area contributed by atoms with Crippen molar-refractivity contribution in [2.45, 2.75) is 20.4 Å². The molecule has 0 amide bonds. The maximum absolute atomic E-state index is 14.0. The summed E-state index contributed by atoms with van der Waals surface area (Å²) in [5.41, 5.74) is 0.419. The summed E-state index contributed by atoms with van der Waals surface area (Å²) in [4.78, 5) is 27.9. The molecule has 0 saturated carbocycles. The lowest BCUT2D eigenvalue weighted by molar-refractivity contribution is -0.131. The molecule has 142 valence electrons. The molecule has 2 heterocycles. The predicted molar refractivity (Wildman–Crippen MR) is 97.2 cm³/mol. The van der Waals surface area contributed by atoms with Gasteiger partial charge >= 0.3 is 11.9 Å². The van der Waals surface area contributed by atoms with Crippen molar-refractivity contribution in [3.63, 3.8) is 0 Å². The zero-order valence-electron chi connectivity index (χ0n) is 15.2. The van der Waals surface area contributed by atoms with E-state index in [9.17, 15) is 19.2 Å². The van der Waals surface area contributed by atoms with Crippen LogP contribution in [0.15, 0.2) is 36.5 Å². The lowest BCUT2D eigenvalue weighted by Gasteiger charge is -2.12. The molecule has 0 saturated heterocycles. The number of benzene rings is 1. The molecule has 0 radical (unpaired) electrons. The maximum Gasteiger partial charge on any atom is 0.360 e. The van der Waals surface area contributed by atoms with E-state index in [-0.39, 0.29) is 36.1 Å². The smallest absolute Gasteiger partial charge is 0.360 e. The van der Waals surface area contributed by atoms with Gasteiger partial charge in [-0.05, 0) is 19.1 Å². The maximum atomic E-state index is 14.0. The molecule has 0 aliphatic carbocycles. The summed E-state index contributed by atoms with van der Waals surface area (Å²) < 4.78 is 25.8. The number of hydrogen-bond donors (Lipinski definition) is 0. The van der Waals surface area contributed by atoms with E-state index < -0.39 is 11.9 Å². The number of aromatic nitrogens is 2. The fourth-order valence-electron chi connectivity index (χ4n) is 2.87. The lowest BCUT2D eigenvalue weighted by atomic mass is 10.1. The van der Waals surface area contributed by atoms with Crippen LogP contribution >= 0.6 is 0 Å². The van der Waals surface area contributed by atoms with Crippen LogP contribution in [-0.2, 0) is 16.1 Å². The van der Waals surface area contributed by atoms with Gasteiger partial charge in [-0.15, -0.1) is 0 Å². The minimum atomic E-state index is -0.806. The highest BCUT2D eigenvalue weighted by atomic mass is 19.1. The van der Waals surface area contributed by atoms with Gasteiger partial charge in [0.25, 0.3) is 0 Å². The Bertz CT molecular complexity index is 1110. The summed E-state index contributed by atoms with van der Waals surface area (Å²) in [5, 5.41) is 9.88. The number of rotatable bonds is 5. The normalized spacial score (nSPS) is 10.5. The molecule has 3 rings (SSSR count). The molecule has 7 nitrogen and oxygen atoms in total. The third kappa shape index (κ3) is 3.55. The Balaban J connectivity index is 2.22. The van der Waals surface area contributed by atoms with Crippen molar-refractivity contribution in [2.24, 2.45) is 0 Å². The summed E-state index contributed by atoms with van der Waals surface area (Å²) in [5.74, 6) is -1.94. The molecule has 3 aromatic rings. The number of halogens is 1. The number of nitrogens with zero attached hydrogens (tertiary/aromatic N) is 3. The number of esters is 2. The van der Waals surface area contributed by atoms with Gasteiger partial charge in [0.1, 0.15) is 11.9 Å². The topological polar surface area (TPSA) is 94.2 Å². The number of carbonyl (C=O) groups excluding carboxylic acids is 2. The van der Waals surface area contributed by atoms with Crippen molar-refractivity contribution in [1.82, 2.24) is 9.55 Å². The number of nitriles is 1. The summed E-state index contributed by atoms with van der Waals surface area (Å²) >= 11 is 0. The average Bonchev–Trinajstić information content (AvgIpc) is 3.08. The highest BCUT2D eigenvalue weighted by Crippen LogP contribution is 2.33. The van der Waals surface area contributed by atoms with Crippen molar-refractivity contribution in [2.75, 3.05) is 6.61 Å². The van der Waals surface area contributed by atoms with Gasteiger partial charge in [-0.1, -0.05) is 18.2 Å². The SMILES string of the molecule is CCOC(=O)c1nc(C#N)c2c(ccn2Cc2ccccc2F)c1OC(C)=O. The second-order valence-corrected chi connectivity index (χ2v) is 5.86. The highest BCUT2D eigenvalue weighted by molar-refractivity contribution is 6.01. The van der Waals surface area contributed by atoms with E-state index in [1.165, 1.54) is 13.0 Å². The van der Waals surface area contributed by atoms with Crippen LogP contribution in [0.2, 0.25) is 0 Å². The van der Waals surface area contributed by atoms with Crippen LogP contribution in [0.4, 0.5) is 4.39 Å². The molecule has 8 heteroatoms. The van der Waals surface area contributed by atoms with Gasteiger partial charge in [0, 0.05) is 24.1 Å². The van der Waals surface area contributed by atoms with E-state index in [0.29, 0.717) is 16.5 Å². The molecule has 0 atom stereocenters. The van der Waals surface area contributed by atoms with E-state index in [2.05, 4.69) is 4.98 Å². The van der Waals surface area contributed by atoms with E-state index in [4.69, 9.17) is 9.47 Å². The standard InChI is InChI=1S/C20H16FN3O4/c1-3-27-20(26)17-19(28-12(2)25)14-8-9-24(18(14)16(10-22)23-17)11-13-6-4-5-7-15(13)21/h4-9H,3,11H2,1-2H3. The van der Waals surface area contributed by atoms with Crippen LogP contribution < -0.4 is 4.74 Å². The third-order valence-corrected chi connectivity index (χ3v) is 3.99. The second-order valence-electron chi connectivity index (χ2n) is 5.86. The molecule has 0 spiro atoms. The first kappa shape index (κ1) is 19.0. The van der Waals surface area contributed by atoms with E-state index in [1.807, 2.05) is 6.07 Å². The number of carbonyl (C=O) groups is 2. The van der Waals surface area contributed by atoms with Crippen LogP contribution in [0.3, 0.4) is 0 Å². The summed E-state index contributed by atoms with van der Waals surface area (Å²) in [6.07, 6.45) is 1.61. The Kier molecular flexibility index (Phi) is 5.36. The number of fused-ring (bicyclic) bond motifs is 1. The Morgan fingerprint density at radius 2 is 2.04 bits per heavy atom. The first-order chi connectivity index (χ1) is 13.5. The van der Waals surface area contributed by atoms with Gasteiger partial charge < -0.3 is 14.0 Å². The monoisotopic (exact) mass is 381 g/mol. The van der Waals surface area contributed by atoms with Crippen LogP contribution in [0.25, 0.3) is 10.9 Å². The van der Waals surface area contributed by atoms with Gasteiger partial charge in [0.15, 0.2) is 17.1 Å². The van der Waals surface area contributed by atoms with E-state index in [0.717, 1.165) is 0 Å². The van der Waals surface area contributed by atoms with Crippen LogP contribution in [0, 0.1) is 17.1 Å². The van der Waals surface area contributed by atoms with Gasteiger partial charge in [0.2, 0.25) is 0 Å². The minimum absolute atomic E-state index is 0.0599. The molecule has 1 aromatic carbocycles. The molecule has 0 fully saturated rings. The fourth-order valence-corrected chi connectivity index (χ4v) is 2.87. The van der Waals surface area contributed by atoms with Crippen molar-refractivity contribution >= 4 is 22.8 Å². The molecule has 0 N–H and O–H groups in total. The van der Waals surface area contributed by atoms with E-state index >= 15 is 0 Å². The average molecular weight is 381 g/mol. The van der Waals surface area contributed by atoms with E-state index in [1.54, 1.807) is 42.0 Å². The Morgan fingerprint density at radius 3 is 2.68 bits per heavy atom. The van der Waals surface area contributed by atoms with Gasteiger partial charge in [-0.3, -0.25) is 4.79 Å². The first-order valence-corrected chi connectivity index (χ1v) is 8.48. The number of hydrogen-bond acceptors (Lipinski definition) is 6. The summed E-state index contributed by atoms with van der Waals surface area (Å²) in [6.45, 7) is 3.03. The van der Waals surface area contributed by atoms with Crippen LogP contribution in [0.5, 0.6) is 5.75 Å². The zero-order valence-corrected chi connectivity index (χ0v) is 15.2. The fraction of sp³-hybridized carbons (Fsp3) is 0.200. The van der Waals surface area contributed by atoms with Gasteiger partial charge in [-0.2, -0.15) is 5.26 Å². The molecule has 0 unspecified atom stereocenters. The summed E-state index contributed by atoms with van der Waals surface area (Å²) in [6, 6.07) is 9.78.